The number of aromatic nitrogens is 5. The van der Waals surface area contributed by atoms with E-state index in [0.29, 0.717) is 25.9 Å². The third kappa shape index (κ3) is 9.19. The molecule has 11 nitrogen and oxygen atoms in total. The minimum atomic E-state index is -1.21. The zero-order valence-corrected chi connectivity index (χ0v) is 29.1. The zero-order valence-electron chi connectivity index (χ0n) is 27.3. The van der Waals surface area contributed by atoms with E-state index in [4.69, 9.17) is 19.2 Å². The number of anilines is 4. The SMILES string of the molecule is C[Si](C)(C)CCOCN(c1ccc2ncc(Nc3cncc(OCCCN4CCOCC4)c3)cc2n1)c1nnc(C2CCCC2)s1. The van der Waals surface area contributed by atoms with E-state index in [2.05, 4.69) is 50.0 Å². The van der Waals surface area contributed by atoms with E-state index >= 15 is 0 Å². The van der Waals surface area contributed by atoms with Crippen LogP contribution in [0.2, 0.25) is 25.7 Å². The van der Waals surface area contributed by atoms with E-state index in [9.17, 15) is 0 Å². The lowest BCUT2D eigenvalue weighted by molar-refractivity contribution is 0.0358. The van der Waals surface area contributed by atoms with Gasteiger partial charge >= 0.3 is 0 Å². The second kappa shape index (κ2) is 15.6. The molecule has 6 rings (SSSR count). The standard InChI is InChI=1S/C33H46N8O3SSi/c1-46(2,3)18-17-43-24-41(33-39-38-32(45-33)25-7-4-5-8-25)31-10-9-29-30(37-31)20-27(22-35-29)36-26-19-28(23-34-21-26)44-14-6-11-40-12-15-42-16-13-40/h9-10,19-23,25,36H,4-8,11-18,24H2,1-3H3. The van der Waals surface area contributed by atoms with Crippen LogP contribution in [-0.4, -0.2) is 90.9 Å². The summed E-state index contributed by atoms with van der Waals surface area (Å²) in [7, 11) is -1.21. The Morgan fingerprint density at radius 1 is 1.00 bits per heavy atom. The highest BCUT2D eigenvalue weighted by Crippen LogP contribution is 2.38. The Balaban J connectivity index is 1.14. The van der Waals surface area contributed by atoms with Crippen LogP contribution < -0.4 is 15.0 Å². The number of rotatable bonds is 15. The maximum Gasteiger partial charge on any atom is 0.215 e. The average molecular weight is 663 g/mol. The summed E-state index contributed by atoms with van der Waals surface area (Å²) in [6, 6.07) is 9.07. The van der Waals surface area contributed by atoms with Gasteiger partial charge in [0.15, 0.2) is 0 Å². The van der Waals surface area contributed by atoms with Gasteiger partial charge in [0.25, 0.3) is 0 Å². The molecule has 0 radical (unpaired) electrons. The number of hydrogen-bond acceptors (Lipinski definition) is 12. The predicted octanol–water partition coefficient (Wildman–Crippen LogP) is 6.83. The molecule has 0 amide bonds. The molecule has 1 aliphatic heterocycles. The van der Waals surface area contributed by atoms with Crippen molar-refractivity contribution in [3.8, 4) is 5.75 Å². The number of nitrogens with one attached hydrogen (secondary N) is 1. The molecule has 2 fully saturated rings. The monoisotopic (exact) mass is 662 g/mol. The lowest BCUT2D eigenvalue weighted by Gasteiger charge is -2.26. The predicted molar refractivity (Wildman–Crippen MR) is 187 cm³/mol. The molecule has 4 aromatic heterocycles. The van der Waals surface area contributed by atoms with Crippen molar-refractivity contribution in [1.29, 1.82) is 0 Å². The lowest BCUT2D eigenvalue weighted by Crippen LogP contribution is -2.37. The highest BCUT2D eigenvalue weighted by Gasteiger charge is 2.24. The van der Waals surface area contributed by atoms with Gasteiger partial charge in [-0.3, -0.25) is 19.8 Å². The van der Waals surface area contributed by atoms with Crippen LogP contribution >= 0.6 is 11.3 Å². The Morgan fingerprint density at radius 2 is 1.83 bits per heavy atom. The van der Waals surface area contributed by atoms with Gasteiger partial charge in [0.1, 0.15) is 23.3 Å². The van der Waals surface area contributed by atoms with Crippen LogP contribution in [-0.2, 0) is 9.47 Å². The third-order valence-electron chi connectivity index (χ3n) is 8.37. The molecule has 1 saturated heterocycles. The Morgan fingerprint density at radius 3 is 2.65 bits per heavy atom. The summed E-state index contributed by atoms with van der Waals surface area (Å²) in [5.41, 5.74) is 3.24. The van der Waals surface area contributed by atoms with E-state index < -0.39 is 8.07 Å². The summed E-state index contributed by atoms with van der Waals surface area (Å²) in [4.78, 5) is 18.6. The van der Waals surface area contributed by atoms with Gasteiger partial charge in [-0.25, -0.2) is 4.98 Å². The first-order chi connectivity index (χ1) is 22.4. The maximum atomic E-state index is 6.21. The number of nitrogens with zero attached hydrogens (tertiary/aromatic N) is 7. The van der Waals surface area contributed by atoms with Crippen LogP contribution in [0.3, 0.4) is 0 Å². The van der Waals surface area contributed by atoms with E-state index in [1.165, 1.54) is 25.7 Å². The van der Waals surface area contributed by atoms with Crippen LogP contribution in [0.15, 0.2) is 42.9 Å². The summed E-state index contributed by atoms with van der Waals surface area (Å²) in [6.07, 6.45) is 11.2. The van der Waals surface area contributed by atoms with Crippen molar-refractivity contribution in [3.63, 3.8) is 0 Å². The summed E-state index contributed by atoms with van der Waals surface area (Å²) >= 11 is 1.66. The number of pyridine rings is 3. The first-order valence-electron chi connectivity index (χ1n) is 16.5. The van der Waals surface area contributed by atoms with Crippen LogP contribution in [0.25, 0.3) is 11.0 Å². The number of hydrogen-bond donors (Lipinski definition) is 1. The summed E-state index contributed by atoms with van der Waals surface area (Å²) < 4.78 is 17.7. The van der Waals surface area contributed by atoms with Gasteiger partial charge in [-0.2, -0.15) is 0 Å². The van der Waals surface area contributed by atoms with E-state index in [-0.39, 0.29) is 0 Å². The summed E-state index contributed by atoms with van der Waals surface area (Å²) in [5, 5.41) is 14.6. The highest BCUT2D eigenvalue weighted by atomic mass is 32.1. The second-order valence-electron chi connectivity index (χ2n) is 13.3. The Hall–Kier alpha value is -3.23. The molecule has 0 atom stereocenters. The molecule has 46 heavy (non-hydrogen) atoms. The maximum absolute atomic E-state index is 6.21. The molecular weight excluding hydrogens is 617 g/mol. The topological polar surface area (TPSA) is 111 Å². The van der Waals surface area contributed by atoms with Gasteiger partial charge in [0, 0.05) is 46.3 Å². The number of morpholine rings is 1. The molecule has 13 heteroatoms. The van der Waals surface area contributed by atoms with Crippen LogP contribution in [0.5, 0.6) is 5.75 Å². The Labute approximate surface area is 276 Å². The number of ether oxygens (including phenoxy) is 3. The van der Waals surface area contributed by atoms with Gasteiger partial charge in [-0.05, 0) is 43.5 Å². The average Bonchev–Trinajstić information content (AvgIpc) is 3.76. The van der Waals surface area contributed by atoms with Crippen molar-refractivity contribution in [2.75, 3.05) is 63.0 Å². The van der Waals surface area contributed by atoms with E-state index in [1.807, 2.05) is 35.4 Å². The molecular formula is C33H46N8O3SSi. The van der Waals surface area contributed by atoms with Crippen LogP contribution in [0.4, 0.5) is 22.3 Å². The molecule has 1 saturated carbocycles. The molecule has 1 aliphatic carbocycles. The van der Waals surface area contributed by atoms with Gasteiger partial charge in [-0.1, -0.05) is 43.8 Å². The van der Waals surface area contributed by atoms with Gasteiger partial charge in [0.2, 0.25) is 5.13 Å². The smallest absolute Gasteiger partial charge is 0.215 e. The fraction of sp³-hybridized carbons (Fsp3) is 0.545. The molecule has 4 aromatic rings. The van der Waals surface area contributed by atoms with E-state index in [1.54, 1.807) is 23.7 Å². The quantitative estimate of drug-likeness (QED) is 0.0822. The van der Waals surface area contributed by atoms with Gasteiger partial charge < -0.3 is 19.5 Å². The molecule has 0 aromatic carbocycles. The van der Waals surface area contributed by atoms with Crippen LogP contribution in [0.1, 0.15) is 43.0 Å². The van der Waals surface area contributed by atoms with Crippen molar-refractivity contribution < 1.29 is 14.2 Å². The lowest BCUT2D eigenvalue weighted by atomic mass is 10.1. The molecule has 0 spiro atoms. The summed E-state index contributed by atoms with van der Waals surface area (Å²) in [5.74, 6) is 2.01. The highest BCUT2D eigenvalue weighted by molar-refractivity contribution is 7.15. The summed E-state index contributed by atoms with van der Waals surface area (Å²) in [6.45, 7) is 13.4. The van der Waals surface area contributed by atoms with Crippen molar-refractivity contribution in [2.45, 2.75) is 63.7 Å². The second-order valence-corrected chi connectivity index (χ2v) is 19.9. The molecule has 1 N–H and O–H groups in total. The first-order valence-corrected chi connectivity index (χ1v) is 21.0. The molecule has 0 unspecified atom stereocenters. The van der Waals surface area contributed by atoms with Crippen LogP contribution in [0, 0.1) is 0 Å². The normalized spacial score (nSPS) is 16.2. The molecule has 2 aliphatic rings. The molecule has 246 valence electrons. The number of fused-ring (bicyclic) bond motifs is 1. The van der Waals surface area contributed by atoms with Crippen molar-refractivity contribution in [1.82, 2.24) is 30.0 Å². The fourth-order valence-electron chi connectivity index (χ4n) is 5.68. The largest absolute Gasteiger partial charge is 0.492 e. The van der Waals surface area contributed by atoms with Gasteiger partial charge in [0.05, 0.1) is 60.8 Å². The Kier molecular flexibility index (Phi) is 11.1. The fourth-order valence-corrected chi connectivity index (χ4v) is 7.44. The Bertz CT molecular complexity index is 1560. The van der Waals surface area contributed by atoms with Crippen molar-refractivity contribution >= 4 is 52.8 Å². The van der Waals surface area contributed by atoms with Crippen molar-refractivity contribution in [3.05, 3.63) is 47.9 Å². The van der Waals surface area contributed by atoms with E-state index in [0.717, 1.165) is 89.4 Å². The molecule has 0 bridgehead atoms. The van der Waals surface area contributed by atoms with Gasteiger partial charge in [-0.15, -0.1) is 10.2 Å². The third-order valence-corrected chi connectivity index (χ3v) is 11.2. The first kappa shape index (κ1) is 32.7. The van der Waals surface area contributed by atoms with Crippen molar-refractivity contribution in [2.24, 2.45) is 0 Å². The minimum Gasteiger partial charge on any atom is -0.492 e. The minimum absolute atomic E-state index is 0.374. The molecule has 5 heterocycles. The zero-order chi connectivity index (χ0) is 31.8.